The van der Waals surface area contributed by atoms with Crippen LogP contribution in [0.3, 0.4) is 0 Å². The van der Waals surface area contributed by atoms with Crippen molar-refractivity contribution in [1.82, 2.24) is 19.3 Å². The molecule has 2 aliphatic rings. The maximum absolute atomic E-state index is 13.6. The molecule has 14 heteroatoms. The van der Waals surface area contributed by atoms with Gasteiger partial charge in [-0.25, -0.2) is 4.98 Å². The van der Waals surface area contributed by atoms with Crippen LogP contribution in [0.25, 0.3) is 0 Å². The topological polar surface area (TPSA) is 65.2 Å². The number of ether oxygens (including phenoxy) is 1. The predicted molar refractivity (Wildman–Crippen MR) is 125 cm³/mol. The molecule has 5 rings (SSSR count). The van der Waals surface area contributed by atoms with Crippen LogP contribution in [-0.2, 0) is 36.6 Å². The molecule has 4 heterocycles. The van der Waals surface area contributed by atoms with E-state index in [4.69, 9.17) is 16.3 Å². The Kier molecular flexibility index (Phi) is 6.93. The highest BCUT2D eigenvalue weighted by molar-refractivity contribution is 6.33. The second kappa shape index (κ2) is 9.92. The normalized spacial score (nSPS) is 18.5. The summed E-state index contributed by atoms with van der Waals surface area (Å²) < 4.78 is 88.4. The molecule has 0 amide bonds. The van der Waals surface area contributed by atoms with Crippen LogP contribution < -0.4 is 10.5 Å². The fourth-order valence-corrected chi connectivity index (χ4v) is 5.07. The molecule has 1 unspecified atom stereocenters. The van der Waals surface area contributed by atoms with E-state index in [1.54, 1.807) is 9.47 Å². The van der Waals surface area contributed by atoms with E-state index in [0.717, 1.165) is 18.9 Å². The SMILES string of the molecule is O=c1c(Cl)c(N2CCn3c(Cc4ccc(C(F)(F)F)cc4C(F)(F)F)cnc3C2)cnn1C1CCCCO1. The molecule has 3 aromatic rings. The van der Waals surface area contributed by atoms with Gasteiger partial charge in [0.05, 0.1) is 29.6 Å². The van der Waals surface area contributed by atoms with Crippen molar-refractivity contribution in [2.75, 3.05) is 18.1 Å². The number of aromatic nitrogens is 4. The number of rotatable bonds is 4. The summed E-state index contributed by atoms with van der Waals surface area (Å²) in [6, 6.07) is 1.65. The molecule has 1 atom stereocenters. The zero-order valence-corrected chi connectivity index (χ0v) is 20.6. The average Bonchev–Trinajstić information content (AvgIpc) is 3.27. The van der Waals surface area contributed by atoms with Crippen LogP contribution in [0.1, 0.15) is 53.7 Å². The smallest absolute Gasteiger partial charge is 0.360 e. The summed E-state index contributed by atoms with van der Waals surface area (Å²) in [5, 5.41) is 4.23. The Bertz CT molecular complexity index is 1390. The Hall–Kier alpha value is -3.06. The second-order valence-corrected chi connectivity index (χ2v) is 9.58. The highest BCUT2D eigenvalue weighted by atomic mass is 35.5. The fourth-order valence-electron chi connectivity index (χ4n) is 4.81. The number of benzene rings is 1. The number of halogens is 7. The summed E-state index contributed by atoms with van der Waals surface area (Å²) in [5.41, 5.74) is -2.62. The second-order valence-electron chi connectivity index (χ2n) is 9.20. The molecule has 204 valence electrons. The molecule has 1 fully saturated rings. The number of fused-ring (bicyclic) bond motifs is 1. The van der Waals surface area contributed by atoms with Crippen LogP contribution in [0.4, 0.5) is 32.0 Å². The summed E-state index contributed by atoms with van der Waals surface area (Å²) in [7, 11) is 0. The lowest BCUT2D eigenvalue weighted by atomic mass is 9.99. The van der Waals surface area contributed by atoms with Gasteiger partial charge in [0.15, 0.2) is 6.23 Å². The third kappa shape index (κ3) is 5.13. The Morgan fingerprint density at radius 3 is 2.53 bits per heavy atom. The summed E-state index contributed by atoms with van der Waals surface area (Å²) in [5.74, 6) is 0.516. The van der Waals surface area contributed by atoms with Gasteiger partial charge in [-0.3, -0.25) is 4.79 Å². The average molecular weight is 562 g/mol. The van der Waals surface area contributed by atoms with E-state index in [1.807, 2.05) is 0 Å². The zero-order valence-electron chi connectivity index (χ0n) is 19.8. The Balaban J connectivity index is 1.38. The minimum absolute atomic E-state index is 0.0195. The van der Waals surface area contributed by atoms with E-state index in [1.165, 1.54) is 17.1 Å². The Labute approximate surface area is 217 Å². The van der Waals surface area contributed by atoms with Crippen molar-refractivity contribution < 1.29 is 31.1 Å². The molecule has 1 saturated heterocycles. The molecule has 2 aliphatic heterocycles. The quantitative estimate of drug-likeness (QED) is 0.397. The van der Waals surface area contributed by atoms with Gasteiger partial charge in [-0.2, -0.15) is 36.1 Å². The Morgan fingerprint density at radius 2 is 1.84 bits per heavy atom. The van der Waals surface area contributed by atoms with Crippen molar-refractivity contribution in [3.8, 4) is 0 Å². The first-order valence-electron chi connectivity index (χ1n) is 11.9. The summed E-state index contributed by atoms with van der Waals surface area (Å²) in [6.07, 6.45) is -5.20. The summed E-state index contributed by atoms with van der Waals surface area (Å²) in [6.45, 7) is 1.42. The van der Waals surface area contributed by atoms with E-state index < -0.39 is 35.3 Å². The first-order chi connectivity index (χ1) is 17.9. The van der Waals surface area contributed by atoms with Crippen LogP contribution in [0.5, 0.6) is 0 Å². The Morgan fingerprint density at radius 1 is 1.05 bits per heavy atom. The number of hydrogen-bond acceptors (Lipinski definition) is 5. The van der Waals surface area contributed by atoms with Crippen LogP contribution in [0.2, 0.25) is 5.02 Å². The van der Waals surface area contributed by atoms with Crippen LogP contribution >= 0.6 is 11.6 Å². The van der Waals surface area contributed by atoms with Crippen LogP contribution in [-0.4, -0.2) is 32.5 Å². The third-order valence-corrected chi connectivity index (χ3v) is 7.11. The number of imidazole rings is 1. The monoisotopic (exact) mass is 561 g/mol. The molecule has 1 aromatic carbocycles. The lowest BCUT2D eigenvalue weighted by Gasteiger charge is -2.31. The first kappa shape index (κ1) is 26.5. The van der Waals surface area contributed by atoms with Crippen molar-refractivity contribution in [1.29, 1.82) is 0 Å². The molecule has 0 aliphatic carbocycles. The van der Waals surface area contributed by atoms with Gasteiger partial charge in [0, 0.05) is 38.0 Å². The van der Waals surface area contributed by atoms with Gasteiger partial charge in [-0.15, -0.1) is 0 Å². The highest BCUT2D eigenvalue weighted by Gasteiger charge is 2.38. The minimum Gasteiger partial charge on any atom is -0.360 e. The van der Waals surface area contributed by atoms with Crippen molar-refractivity contribution in [3.63, 3.8) is 0 Å². The zero-order chi connectivity index (χ0) is 27.2. The predicted octanol–water partition coefficient (Wildman–Crippen LogP) is 5.44. The molecular weight excluding hydrogens is 540 g/mol. The number of alkyl halides is 6. The summed E-state index contributed by atoms with van der Waals surface area (Å²) >= 11 is 6.41. The van der Waals surface area contributed by atoms with Gasteiger partial charge in [-0.1, -0.05) is 17.7 Å². The molecule has 0 bridgehead atoms. The highest BCUT2D eigenvalue weighted by Crippen LogP contribution is 2.38. The molecule has 0 N–H and O–H groups in total. The maximum Gasteiger partial charge on any atom is 0.416 e. The van der Waals surface area contributed by atoms with Crippen LogP contribution in [0, 0.1) is 0 Å². The minimum atomic E-state index is -4.95. The first-order valence-corrected chi connectivity index (χ1v) is 12.3. The molecule has 38 heavy (non-hydrogen) atoms. The van der Waals surface area contributed by atoms with Gasteiger partial charge in [-0.05, 0) is 37.0 Å². The maximum atomic E-state index is 13.6. The van der Waals surface area contributed by atoms with E-state index in [0.29, 0.717) is 49.4 Å². The molecular formula is C24H22ClF6N5O2. The molecule has 0 saturated carbocycles. The van der Waals surface area contributed by atoms with E-state index in [9.17, 15) is 31.1 Å². The van der Waals surface area contributed by atoms with Gasteiger partial charge >= 0.3 is 12.4 Å². The molecule has 0 radical (unpaired) electrons. The van der Waals surface area contributed by atoms with E-state index >= 15 is 0 Å². The molecule has 7 nitrogen and oxygen atoms in total. The van der Waals surface area contributed by atoms with Gasteiger partial charge in [0.25, 0.3) is 5.56 Å². The number of hydrogen-bond donors (Lipinski definition) is 0. The van der Waals surface area contributed by atoms with Gasteiger partial charge < -0.3 is 14.2 Å². The number of anilines is 1. The van der Waals surface area contributed by atoms with Crippen molar-refractivity contribution in [2.24, 2.45) is 0 Å². The third-order valence-electron chi connectivity index (χ3n) is 6.76. The van der Waals surface area contributed by atoms with Crippen molar-refractivity contribution in [2.45, 2.75) is 57.4 Å². The number of nitrogens with zero attached hydrogens (tertiary/aromatic N) is 5. The standard InChI is InChI=1S/C24H22ClF6N5O2/c25-21-18(12-33-36(22(21)37)20-3-1-2-8-38-20)34-6-7-35-16(11-32-19(35)13-34)9-14-4-5-15(23(26,27)28)10-17(14)24(29,30)31/h4-5,10-12,20H,1-3,6-9,13H2. The van der Waals surface area contributed by atoms with Gasteiger partial charge in [0.2, 0.25) is 0 Å². The van der Waals surface area contributed by atoms with E-state index in [-0.39, 0.29) is 29.6 Å². The largest absolute Gasteiger partial charge is 0.416 e. The summed E-state index contributed by atoms with van der Waals surface area (Å²) in [4.78, 5) is 19.0. The molecule has 2 aromatic heterocycles. The lowest BCUT2D eigenvalue weighted by Crippen LogP contribution is -2.37. The van der Waals surface area contributed by atoms with Crippen molar-refractivity contribution in [3.05, 3.63) is 74.2 Å². The van der Waals surface area contributed by atoms with Crippen LogP contribution in [0.15, 0.2) is 35.4 Å². The van der Waals surface area contributed by atoms with Gasteiger partial charge in [0.1, 0.15) is 10.8 Å². The van der Waals surface area contributed by atoms with E-state index in [2.05, 4.69) is 10.1 Å². The fraction of sp³-hybridized carbons (Fsp3) is 0.458. The molecule has 0 spiro atoms. The lowest BCUT2D eigenvalue weighted by molar-refractivity contribution is -0.143. The van der Waals surface area contributed by atoms with Crippen molar-refractivity contribution >= 4 is 17.3 Å².